The Kier molecular flexibility index (Phi) is 3.09. The summed E-state index contributed by atoms with van der Waals surface area (Å²) in [5.74, 6) is 2.53. The Bertz CT molecular complexity index is 622. The first-order valence-electron chi connectivity index (χ1n) is 6.93. The number of benzene rings is 1. The van der Waals surface area contributed by atoms with E-state index in [1.807, 2.05) is 18.2 Å². The third-order valence-electron chi connectivity index (χ3n) is 3.61. The number of rotatable bonds is 5. The molecule has 20 heavy (non-hydrogen) atoms. The number of fused-ring (bicyclic) bond motifs is 1. The van der Waals surface area contributed by atoms with Gasteiger partial charge in [0.15, 0.2) is 11.5 Å². The maximum Gasteiger partial charge on any atom is 0.231 e. The summed E-state index contributed by atoms with van der Waals surface area (Å²) in [6.45, 7) is 2.29. The van der Waals surface area contributed by atoms with E-state index in [0.717, 1.165) is 46.8 Å². The van der Waals surface area contributed by atoms with Gasteiger partial charge in [0.2, 0.25) is 6.79 Å². The normalized spacial score (nSPS) is 16.6. The van der Waals surface area contributed by atoms with Gasteiger partial charge in [0.05, 0.1) is 5.69 Å². The first-order valence-corrected chi connectivity index (χ1v) is 7.81. The van der Waals surface area contributed by atoms with Crippen LogP contribution in [-0.2, 0) is 6.54 Å². The van der Waals surface area contributed by atoms with E-state index in [0.29, 0.717) is 6.79 Å². The lowest BCUT2D eigenvalue weighted by atomic mass is 10.2. The molecule has 4 rings (SSSR count). The van der Waals surface area contributed by atoms with Gasteiger partial charge < -0.3 is 14.8 Å². The molecule has 0 atom stereocenters. The van der Waals surface area contributed by atoms with Crippen LogP contribution < -0.4 is 14.8 Å². The number of hydrogen-bond donors (Lipinski definition) is 1. The van der Waals surface area contributed by atoms with Crippen LogP contribution in [-0.4, -0.2) is 18.3 Å². The largest absolute Gasteiger partial charge is 0.454 e. The SMILES string of the molecule is c1cc2c(cc1-c1nc(CNCC3CC3)cs1)OCO2. The Labute approximate surface area is 121 Å². The van der Waals surface area contributed by atoms with Crippen molar-refractivity contribution in [3.63, 3.8) is 0 Å². The third-order valence-corrected chi connectivity index (χ3v) is 4.55. The third kappa shape index (κ3) is 2.51. The highest BCUT2D eigenvalue weighted by molar-refractivity contribution is 7.13. The second-order valence-electron chi connectivity index (χ2n) is 5.29. The fourth-order valence-corrected chi connectivity index (χ4v) is 3.09. The molecule has 5 heteroatoms. The minimum Gasteiger partial charge on any atom is -0.454 e. The molecule has 0 amide bonds. The molecular weight excluding hydrogens is 272 g/mol. The zero-order valence-electron chi connectivity index (χ0n) is 11.1. The smallest absolute Gasteiger partial charge is 0.231 e. The number of aromatic nitrogens is 1. The summed E-state index contributed by atoms with van der Waals surface area (Å²) in [5, 5.41) is 6.63. The molecule has 1 aliphatic carbocycles. The van der Waals surface area contributed by atoms with Crippen LogP contribution in [0.25, 0.3) is 10.6 Å². The summed E-state index contributed by atoms with van der Waals surface area (Å²) in [6.07, 6.45) is 2.76. The zero-order chi connectivity index (χ0) is 13.4. The van der Waals surface area contributed by atoms with Gasteiger partial charge in [-0.1, -0.05) is 0 Å². The molecule has 0 saturated heterocycles. The summed E-state index contributed by atoms with van der Waals surface area (Å²) >= 11 is 1.68. The highest BCUT2D eigenvalue weighted by Crippen LogP contribution is 2.36. The minimum absolute atomic E-state index is 0.312. The molecule has 4 nitrogen and oxygen atoms in total. The van der Waals surface area contributed by atoms with Crippen LogP contribution in [0, 0.1) is 5.92 Å². The van der Waals surface area contributed by atoms with E-state index in [9.17, 15) is 0 Å². The summed E-state index contributed by atoms with van der Waals surface area (Å²) in [7, 11) is 0. The van der Waals surface area contributed by atoms with Crippen molar-refractivity contribution >= 4 is 11.3 Å². The molecule has 104 valence electrons. The molecular formula is C15H16N2O2S. The second-order valence-corrected chi connectivity index (χ2v) is 6.14. The number of nitrogens with one attached hydrogen (secondary N) is 1. The van der Waals surface area contributed by atoms with Crippen LogP contribution in [0.1, 0.15) is 18.5 Å². The maximum atomic E-state index is 5.41. The van der Waals surface area contributed by atoms with Crippen LogP contribution in [0.15, 0.2) is 23.6 Å². The van der Waals surface area contributed by atoms with Gasteiger partial charge >= 0.3 is 0 Å². The van der Waals surface area contributed by atoms with Crippen molar-refractivity contribution in [3.05, 3.63) is 29.3 Å². The second kappa shape index (κ2) is 5.07. The van der Waals surface area contributed by atoms with Gasteiger partial charge in [-0.2, -0.15) is 0 Å². The van der Waals surface area contributed by atoms with Crippen molar-refractivity contribution in [1.82, 2.24) is 10.3 Å². The molecule has 0 spiro atoms. The molecule has 1 saturated carbocycles. The Balaban J connectivity index is 1.46. The standard InChI is InChI=1S/C15H16N2O2S/c1-2-10(1)6-16-7-12-8-20-15(17-12)11-3-4-13-14(5-11)19-9-18-13/h3-5,8,10,16H,1-2,6-7,9H2. The minimum atomic E-state index is 0.312. The Morgan fingerprint density at radius 2 is 2.15 bits per heavy atom. The van der Waals surface area contributed by atoms with Gasteiger partial charge in [-0.3, -0.25) is 0 Å². The summed E-state index contributed by atoms with van der Waals surface area (Å²) in [5.41, 5.74) is 2.20. The highest BCUT2D eigenvalue weighted by Gasteiger charge is 2.20. The number of nitrogens with zero attached hydrogens (tertiary/aromatic N) is 1. The zero-order valence-corrected chi connectivity index (χ0v) is 11.9. The summed E-state index contributed by atoms with van der Waals surface area (Å²) in [4.78, 5) is 4.68. The fraction of sp³-hybridized carbons (Fsp3) is 0.400. The van der Waals surface area contributed by atoms with Gasteiger partial charge in [0.25, 0.3) is 0 Å². The van der Waals surface area contributed by atoms with Crippen molar-refractivity contribution in [2.45, 2.75) is 19.4 Å². The molecule has 1 aromatic carbocycles. The molecule has 2 aromatic rings. The van der Waals surface area contributed by atoms with E-state index in [-0.39, 0.29) is 0 Å². The van der Waals surface area contributed by atoms with E-state index < -0.39 is 0 Å². The van der Waals surface area contributed by atoms with Crippen LogP contribution in [0.5, 0.6) is 11.5 Å². The lowest BCUT2D eigenvalue weighted by molar-refractivity contribution is 0.174. The predicted octanol–water partition coefficient (Wildman–Crippen LogP) is 3.04. The van der Waals surface area contributed by atoms with Crippen LogP contribution in [0.2, 0.25) is 0 Å². The summed E-state index contributed by atoms with van der Waals surface area (Å²) in [6, 6.07) is 5.99. The number of ether oxygens (including phenoxy) is 2. The van der Waals surface area contributed by atoms with Gasteiger partial charge in [-0.15, -0.1) is 11.3 Å². The van der Waals surface area contributed by atoms with Crippen molar-refractivity contribution in [2.75, 3.05) is 13.3 Å². The molecule has 0 bridgehead atoms. The fourth-order valence-electron chi connectivity index (χ4n) is 2.28. The van der Waals surface area contributed by atoms with E-state index >= 15 is 0 Å². The van der Waals surface area contributed by atoms with Gasteiger partial charge in [0, 0.05) is 17.5 Å². The average Bonchev–Trinajstić information content (AvgIpc) is 2.99. The van der Waals surface area contributed by atoms with Crippen LogP contribution >= 0.6 is 11.3 Å². The van der Waals surface area contributed by atoms with Crippen molar-refractivity contribution in [3.8, 4) is 22.1 Å². The van der Waals surface area contributed by atoms with E-state index in [2.05, 4.69) is 15.7 Å². The van der Waals surface area contributed by atoms with Crippen LogP contribution in [0.3, 0.4) is 0 Å². The maximum absolute atomic E-state index is 5.41. The van der Waals surface area contributed by atoms with Gasteiger partial charge in [0.1, 0.15) is 5.01 Å². The first kappa shape index (κ1) is 12.2. The molecule has 1 aromatic heterocycles. The molecule has 2 heterocycles. The van der Waals surface area contributed by atoms with Crippen LogP contribution in [0.4, 0.5) is 0 Å². The van der Waals surface area contributed by atoms with Crippen molar-refractivity contribution < 1.29 is 9.47 Å². The first-order chi connectivity index (χ1) is 9.88. The van der Waals surface area contributed by atoms with Gasteiger partial charge in [-0.05, 0) is 43.5 Å². The number of hydrogen-bond acceptors (Lipinski definition) is 5. The van der Waals surface area contributed by atoms with E-state index in [1.54, 1.807) is 11.3 Å². The van der Waals surface area contributed by atoms with Gasteiger partial charge in [-0.25, -0.2) is 4.98 Å². The van der Waals surface area contributed by atoms with E-state index in [1.165, 1.54) is 12.8 Å². The Hall–Kier alpha value is -1.59. The molecule has 0 unspecified atom stereocenters. The number of thiazole rings is 1. The molecule has 1 aliphatic heterocycles. The predicted molar refractivity (Wildman–Crippen MR) is 78.1 cm³/mol. The molecule has 1 N–H and O–H groups in total. The summed E-state index contributed by atoms with van der Waals surface area (Å²) < 4.78 is 10.7. The lowest BCUT2D eigenvalue weighted by Gasteiger charge is -2.00. The molecule has 1 fully saturated rings. The highest BCUT2D eigenvalue weighted by atomic mass is 32.1. The Morgan fingerprint density at radius 3 is 3.05 bits per heavy atom. The average molecular weight is 288 g/mol. The van der Waals surface area contributed by atoms with Crippen molar-refractivity contribution in [1.29, 1.82) is 0 Å². The molecule has 0 radical (unpaired) electrons. The lowest BCUT2D eigenvalue weighted by Crippen LogP contribution is -2.16. The van der Waals surface area contributed by atoms with Crippen molar-refractivity contribution in [2.24, 2.45) is 5.92 Å². The van der Waals surface area contributed by atoms with E-state index in [4.69, 9.17) is 9.47 Å². The topological polar surface area (TPSA) is 43.4 Å². The monoisotopic (exact) mass is 288 g/mol. The Morgan fingerprint density at radius 1 is 1.25 bits per heavy atom. The molecule has 2 aliphatic rings. The quantitative estimate of drug-likeness (QED) is 0.918.